The second-order valence-electron chi connectivity index (χ2n) is 4.68. The van der Waals surface area contributed by atoms with Gasteiger partial charge in [0, 0.05) is 17.6 Å². The highest BCUT2D eigenvalue weighted by atomic mass is 15.0. The van der Waals surface area contributed by atoms with E-state index in [0.717, 1.165) is 12.0 Å². The molecular formula is C13H17N. The highest BCUT2D eigenvalue weighted by Crippen LogP contribution is 2.44. The molecule has 1 aromatic rings. The summed E-state index contributed by atoms with van der Waals surface area (Å²) in [5, 5.41) is 3.70. The van der Waals surface area contributed by atoms with Crippen molar-refractivity contribution in [2.24, 2.45) is 0 Å². The molecule has 1 heterocycles. The van der Waals surface area contributed by atoms with Gasteiger partial charge in [-0.05, 0) is 30.9 Å². The van der Waals surface area contributed by atoms with Crippen molar-refractivity contribution in [3.05, 3.63) is 29.3 Å². The first kappa shape index (κ1) is 8.34. The van der Waals surface area contributed by atoms with Gasteiger partial charge in [-0.1, -0.05) is 31.0 Å². The van der Waals surface area contributed by atoms with Crippen LogP contribution in [-0.2, 0) is 0 Å². The van der Waals surface area contributed by atoms with E-state index in [1.807, 2.05) is 0 Å². The molecule has 0 saturated heterocycles. The van der Waals surface area contributed by atoms with Gasteiger partial charge in [-0.25, -0.2) is 0 Å². The number of rotatable bonds is 0. The molecular weight excluding hydrogens is 170 g/mol. The topological polar surface area (TPSA) is 12.0 Å². The first-order valence-electron chi connectivity index (χ1n) is 5.72. The Labute approximate surface area is 85.5 Å². The molecule has 1 fully saturated rings. The van der Waals surface area contributed by atoms with Crippen LogP contribution in [0.4, 0.5) is 5.69 Å². The molecule has 0 bridgehead atoms. The molecule has 3 rings (SSSR count). The maximum absolute atomic E-state index is 3.70. The summed E-state index contributed by atoms with van der Waals surface area (Å²) in [7, 11) is 0. The Balaban J connectivity index is 2.05. The minimum Gasteiger partial charge on any atom is -0.381 e. The number of para-hydroxylation sites is 1. The van der Waals surface area contributed by atoms with Crippen molar-refractivity contribution in [1.82, 2.24) is 0 Å². The van der Waals surface area contributed by atoms with E-state index in [9.17, 15) is 0 Å². The van der Waals surface area contributed by atoms with Crippen LogP contribution in [0, 0.1) is 6.92 Å². The van der Waals surface area contributed by atoms with Crippen LogP contribution in [0.2, 0.25) is 0 Å². The number of benzene rings is 1. The van der Waals surface area contributed by atoms with Gasteiger partial charge in [0.05, 0.1) is 0 Å². The van der Waals surface area contributed by atoms with Crippen molar-refractivity contribution in [2.75, 3.05) is 5.32 Å². The van der Waals surface area contributed by atoms with Crippen molar-refractivity contribution < 1.29 is 0 Å². The third kappa shape index (κ3) is 1.08. The van der Waals surface area contributed by atoms with Crippen LogP contribution in [0.15, 0.2) is 18.2 Å². The third-order valence-electron chi connectivity index (χ3n) is 3.80. The molecule has 74 valence electrons. The average molecular weight is 187 g/mol. The van der Waals surface area contributed by atoms with Crippen molar-refractivity contribution in [1.29, 1.82) is 0 Å². The fourth-order valence-corrected chi connectivity index (χ4v) is 3.06. The second-order valence-corrected chi connectivity index (χ2v) is 4.68. The summed E-state index contributed by atoms with van der Waals surface area (Å²) in [6.07, 6.45) is 5.56. The molecule has 1 aliphatic carbocycles. The molecule has 1 N–H and O–H groups in total. The maximum atomic E-state index is 3.70. The summed E-state index contributed by atoms with van der Waals surface area (Å²) < 4.78 is 0. The van der Waals surface area contributed by atoms with Gasteiger partial charge < -0.3 is 5.32 Å². The van der Waals surface area contributed by atoms with Crippen LogP contribution in [0.1, 0.15) is 42.7 Å². The minimum absolute atomic E-state index is 0.736. The molecule has 2 aliphatic rings. The Bertz CT molecular complexity index is 356. The molecule has 0 aromatic heterocycles. The van der Waals surface area contributed by atoms with Gasteiger partial charge in [0.15, 0.2) is 0 Å². The molecule has 1 aliphatic heterocycles. The van der Waals surface area contributed by atoms with Gasteiger partial charge >= 0.3 is 0 Å². The lowest BCUT2D eigenvalue weighted by Gasteiger charge is -2.25. The van der Waals surface area contributed by atoms with E-state index in [-0.39, 0.29) is 0 Å². The Morgan fingerprint density at radius 3 is 3.00 bits per heavy atom. The van der Waals surface area contributed by atoms with E-state index in [2.05, 4.69) is 30.4 Å². The molecule has 0 unspecified atom stereocenters. The first-order valence-corrected chi connectivity index (χ1v) is 5.72. The lowest BCUT2D eigenvalue weighted by atomic mass is 9.82. The van der Waals surface area contributed by atoms with E-state index in [0.29, 0.717) is 0 Å². The fraction of sp³-hybridized carbons (Fsp3) is 0.538. The number of hydrogen-bond acceptors (Lipinski definition) is 1. The van der Waals surface area contributed by atoms with Crippen molar-refractivity contribution >= 4 is 5.69 Å². The lowest BCUT2D eigenvalue weighted by Crippen LogP contribution is -2.23. The number of hydrogen-bond donors (Lipinski definition) is 1. The Hall–Kier alpha value is -0.980. The van der Waals surface area contributed by atoms with Crippen LogP contribution in [0.3, 0.4) is 0 Å². The molecule has 0 amide bonds. The number of anilines is 1. The minimum atomic E-state index is 0.736. The van der Waals surface area contributed by atoms with Crippen LogP contribution in [0.25, 0.3) is 0 Å². The smallest absolute Gasteiger partial charge is 0.0408 e. The summed E-state index contributed by atoms with van der Waals surface area (Å²) >= 11 is 0. The van der Waals surface area contributed by atoms with Crippen molar-refractivity contribution in [3.63, 3.8) is 0 Å². The standard InChI is InChI=1S/C13H17N/c1-9-5-4-7-11-10-6-2-3-8-12(10)14-13(9)11/h4-5,7,10,12,14H,2-3,6,8H2,1H3/t10-,12-/m1/s1. The number of nitrogens with one attached hydrogen (secondary N) is 1. The molecule has 1 saturated carbocycles. The molecule has 2 atom stereocenters. The summed E-state index contributed by atoms with van der Waals surface area (Å²) in [4.78, 5) is 0. The largest absolute Gasteiger partial charge is 0.381 e. The van der Waals surface area contributed by atoms with Gasteiger partial charge in [0.2, 0.25) is 0 Å². The van der Waals surface area contributed by atoms with Crippen molar-refractivity contribution in [3.8, 4) is 0 Å². The molecule has 1 aromatic carbocycles. The normalized spacial score (nSPS) is 29.2. The van der Waals surface area contributed by atoms with E-state index < -0.39 is 0 Å². The maximum Gasteiger partial charge on any atom is 0.0408 e. The van der Waals surface area contributed by atoms with Crippen LogP contribution < -0.4 is 5.32 Å². The zero-order valence-electron chi connectivity index (χ0n) is 8.72. The first-order chi connectivity index (χ1) is 6.86. The second kappa shape index (κ2) is 3.01. The Morgan fingerprint density at radius 1 is 1.21 bits per heavy atom. The predicted molar refractivity (Wildman–Crippen MR) is 59.8 cm³/mol. The van der Waals surface area contributed by atoms with Crippen molar-refractivity contribution in [2.45, 2.75) is 44.6 Å². The van der Waals surface area contributed by atoms with Crippen LogP contribution in [-0.4, -0.2) is 6.04 Å². The van der Waals surface area contributed by atoms with Gasteiger partial charge in [0.25, 0.3) is 0 Å². The highest BCUT2D eigenvalue weighted by Gasteiger charge is 2.34. The fourth-order valence-electron chi connectivity index (χ4n) is 3.06. The van der Waals surface area contributed by atoms with Gasteiger partial charge in [-0.2, -0.15) is 0 Å². The van der Waals surface area contributed by atoms with Crippen LogP contribution in [0.5, 0.6) is 0 Å². The number of fused-ring (bicyclic) bond motifs is 3. The average Bonchev–Trinajstić information content (AvgIpc) is 2.59. The third-order valence-corrected chi connectivity index (χ3v) is 3.80. The SMILES string of the molecule is Cc1cccc2c1N[C@@H]1CCCC[C@H]21. The Morgan fingerprint density at radius 2 is 2.07 bits per heavy atom. The van der Waals surface area contributed by atoms with Gasteiger partial charge in [-0.3, -0.25) is 0 Å². The van der Waals surface area contributed by atoms with Crippen LogP contribution >= 0.6 is 0 Å². The summed E-state index contributed by atoms with van der Waals surface area (Å²) in [5.41, 5.74) is 4.43. The van der Waals surface area contributed by atoms with Gasteiger partial charge in [0.1, 0.15) is 0 Å². The lowest BCUT2D eigenvalue weighted by molar-refractivity contribution is 0.422. The van der Waals surface area contributed by atoms with Gasteiger partial charge in [-0.15, -0.1) is 0 Å². The highest BCUT2D eigenvalue weighted by molar-refractivity contribution is 5.64. The van der Waals surface area contributed by atoms with E-state index in [1.54, 1.807) is 5.56 Å². The molecule has 0 spiro atoms. The quantitative estimate of drug-likeness (QED) is 0.656. The molecule has 0 radical (unpaired) electrons. The monoisotopic (exact) mass is 187 g/mol. The zero-order chi connectivity index (χ0) is 9.54. The van der Waals surface area contributed by atoms with E-state index in [4.69, 9.17) is 0 Å². The van der Waals surface area contributed by atoms with E-state index >= 15 is 0 Å². The summed E-state index contributed by atoms with van der Waals surface area (Å²) in [6.45, 7) is 2.21. The summed E-state index contributed by atoms with van der Waals surface area (Å²) in [6, 6.07) is 7.46. The number of aryl methyl sites for hydroxylation is 1. The molecule has 14 heavy (non-hydrogen) atoms. The predicted octanol–water partition coefficient (Wildman–Crippen LogP) is 3.45. The molecule has 1 heteroatoms. The summed E-state index contributed by atoms with van der Waals surface area (Å²) in [5.74, 6) is 0.804. The molecule has 1 nitrogen and oxygen atoms in total. The van der Waals surface area contributed by atoms with E-state index in [1.165, 1.54) is 36.9 Å². The zero-order valence-corrected chi connectivity index (χ0v) is 8.72. The Kier molecular flexibility index (Phi) is 1.79.